The molecule has 1 aromatic carbocycles. The summed E-state index contributed by atoms with van der Waals surface area (Å²) in [7, 11) is 0. The highest BCUT2D eigenvalue weighted by molar-refractivity contribution is 5.82. The Kier molecular flexibility index (Phi) is 12.9. The molecule has 2 atom stereocenters. The Labute approximate surface area is 260 Å². The molecule has 0 aromatic heterocycles. The number of ether oxygens (including phenoxy) is 3. The third kappa shape index (κ3) is 10.1. The lowest BCUT2D eigenvalue weighted by Gasteiger charge is -2.35. The molecule has 1 fully saturated rings. The van der Waals surface area contributed by atoms with Crippen LogP contribution in [0, 0.1) is 5.41 Å². The molecule has 246 valence electrons. The largest absolute Gasteiger partial charge is 0.465 e. The van der Waals surface area contributed by atoms with E-state index in [1.165, 1.54) is 11.8 Å². The third-order valence-corrected chi connectivity index (χ3v) is 9.03. The molecule has 0 bridgehead atoms. The molecule has 2 N–H and O–H groups in total. The fraction of sp³-hybridized carbons (Fsp3) is 0.657. The molecular formula is C35H50F3NO5. The van der Waals surface area contributed by atoms with E-state index < -0.39 is 42.0 Å². The molecule has 0 heterocycles. The maximum Gasteiger partial charge on any atom is 0.399 e. The first-order valence-corrected chi connectivity index (χ1v) is 16.2. The molecule has 0 aliphatic heterocycles. The summed E-state index contributed by atoms with van der Waals surface area (Å²) in [6.07, 6.45) is 7.56. The minimum absolute atomic E-state index is 0.137. The van der Waals surface area contributed by atoms with Gasteiger partial charge in [-0.15, -0.1) is 0 Å². The number of alkyl halides is 3. The normalized spacial score (nSPS) is 19.8. The van der Waals surface area contributed by atoms with E-state index in [1.54, 1.807) is 6.07 Å². The number of halogens is 3. The zero-order chi connectivity index (χ0) is 32.4. The summed E-state index contributed by atoms with van der Waals surface area (Å²) >= 11 is 0. The molecular weight excluding hydrogens is 571 g/mol. The fourth-order valence-electron chi connectivity index (χ4n) is 6.36. The number of carbonyl (C=O) groups excluding carboxylic acids is 2. The van der Waals surface area contributed by atoms with E-state index in [0.29, 0.717) is 30.6 Å². The molecule has 0 spiro atoms. The molecule has 3 rings (SSSR count). The summed E-state index contributed by atoms with van der Waals surface area (Å²) in [6, 6.07) is 3.62. The van der Waals surface area contributed by atoms with Crippen molar-refractivity contribution in [1.82, 2.24) is 0 Å². The van der Waals surface area contributed by atoms with Crippen LogP contribution in [0.2, 0.25) is 0 Å². The highest BCUT2D eigenvalue weighted by Crippen LogP contribution is 2.44. The summed E-state index contributed by atoms with van der Waals surface area (Å²) < 4.78 is 61.2. The number of rotatable bonds is 16. The number of esters is 2. The Morgan fingerprint density at radius 2 is 1.80 bits per heavy atom. The maximum atomic E-state index is 15.7. The second-order valence-electron chi connectivity index (χ2n) is 12.9. The summed E-state index contributed by atoms with van der Waals surface area (Å²) in [6.45, 7) is 8.93. The van der Waals surface area contributed by atoms with E-state index in [2.05, 4.69) is 24.3 Å². The van der Waals surface area contributed by atoms with Crippen molar-refractivity contribution in [2.45, 2.75) is 135 Å². The maximum absolute atomic E-state index is 15.7. The zero-order valence-corrected chi connectivity index (χ0v) is 26.7. The first kappa shape index (κ1) is 35.7. The van der Waals surface area contributed by atoms with Gasteiger partial charge < -0.3 is 19.9 Å². The number of hydrogen-bond acceptors (Lipinski definition) is 6. The average Bonchev–Trinajstić information content (AvgIpc) is 2.96. The van der Waals surface area contributed by atoms with Crippen molar-refractivity contribution in [2.75, 3.05) is 6.54 Å². The van der Waals surface area contributed by atoms with Gasteiger partial charge in [-0.2, -0.15) is 8.78 Å². The number of carbonyl (C=O) groups is 2. The van der Waals surface area contributed by atoms with Crippen molar-refractivity contribution in [2.24, 2.45) is 11.1 Å². The molecule has 1 saturated carbocycles. The van der Waals surface area contributed by atoms with Gasteiger partial charge in [0.1, 0.15) is 11.5 Å². The second kappa shape index (κ2) is 16.0. The van der Waals surface area contributed by atoms with E-state index in [4.69, 9.17) is 15.2 Å². The number of hydrogen-bond donors (Lipinski definition) is 1. The van der Waals surface area contributed by atoms with Gasteiger partial charge in [0.2, 0.25) is 5.67 Å². The van der Waals surface area contributed by atoms with Crippen LogP contribution >= 0.6 is 0 Å². The van der Waals surface area contributed by atoms with Crippen LogP contribution in [0.5, 0.6) is 11.5 Å². The fourth-order valence-corrected chi connectivity index (χ4v) is 6.36. The van der Waals surface area contributed by atoms with Crippen LogP contribution in [0.4, 0.5) is 13.2 Å². The Bertz CT molecular complexity index is 1170. The van der Waals surface area contributed by atoms with Crippen molar-refractivity contribution in [3.8, 4) is 11.5 Å². The monoisotopic (exact) mass is 621 g/mol. The summed E-state index contributed by atoms with van der Waals surface area (Å²) in [5.41, 5.74) is 5.20. The molecule has 0 saturated heterocycles. The number of aryl methyl sites for hydroxylation is 1. The van der Waals surface area contributed by atoms with Crippen LogP contribution in [-0.4, -0.2) is 30.3 Å². The van der Waals surface area contributed by atoms with Gasteiger partial charge in [-0.05, 0) is 88.4 Å². The number of nitrogens with two attached hydrogens (primary N) is 1. The predicted octanol–water partition coefficient (Wildman–Crippen LogP) is 9.00. The zero-order valence-electron chi connectivity index (χ0n) is 26.7. The number of unbranched alkanes of at least 4 members (excludes halogenated alkanes) is 2. The Balaban J connectivity index is 1.77. The van der Waals surface area contributed by atoms with E-state index in [1.807, 2.05) is 13.0 Å². The van der Waals surface area contributed by atoms with Crippen LogP contribution < -0.4 is 15.2 Å². The molecule has 1 aromatic rings. The van der Waals surface area contributed by atoms with Crippen molar-refractivity contribution in [3.05, 3.63) is 47.7 Å². The van der Waals surface area contributed by atoms with Crippen molar-refractivity contribution in [1.29, 1.82) is 0 Å². The highest BCUT2D eigenvalue weighted by atomic mass is 19.3. The first-order valence-electron chi connectivity index (χ1n) is 16.2. The van der Waals surface area contributed by atoms with Gasteiger partial charge in [0.15, 0.2) is 0 Å². The van der Waals surface area contributed by atoms with Gasteiger partial charge in [-0.3, -0.25) is 4.79 Å². The SMILES string of the molecule is C=COc1cc(CCCCC)cc(OC(=O)C(C)(F)CCC(F)(F)OC(=O)CC2(CN)CCCCC2)c1C1C=C(C)CCC1. The van der Waals surface area contributed by atoms with Crippen LogP contribution in [0.25, 0.3) is 0 Å². The molecule has 6 nitrogen and oxygen atoms in total. The molecule has 2 aliphatic rings. The van der Waals surface area contributed by atoms with Gasteiger partial charge in [0.25, 0.3) is 0 Å². The quantitative estimate of drug-likeness (QED) is 0.0652. The van der Waals surface area contributed by atoms with Gasteiger partial charge >= 0.3 is 18.0 Å². The van der Waals surface area contributed by atoms with Crippen LogP contribution in [0.15, 0.2) is 36.6 Å². The van der Waals surface area contributed by atoms with Crippen molar-refractivity contribution >= 4 is 11.9 Å². The van der Waals surface area contributed by atoms with Gasteiger partial charge in [0.05, 0.1) is 19.1 Å². The molecule has 9 heteroatoms. The average molecular weight is 622 g/mol. The minimum atomic E-state index is -3.95. The predicted molar refractivity (Wildman–Crippen MR) is 165 cm³/mol. The number of benzene rings is 1. The Morgan fingerprint density at radius 1 is 1.09 bits per heavy atom. The first-order chi connectivity index (χ1) is 20.8. The van der Waals surface area contributed by atoms with Crippen LogP contribution in [-0.2, 0) is 20.7 Å². The van der Waals surface area contributed by atoms with Crippen LogP contribution in [0.3, 0.4) is 0 Å². The van der Waals surface area contributed by atoms with E-state index >= 15 is 4.39 Å². The second-order valence-corrected chi connectivity index (χ2v) is 12.9. The molecule has 2 unspecified atom stereocenters. The van der Waals surface area contributed by atoms with E-state index in [9.17, 15) is 18.4 Å². The summed E-state index contributed by atoms with van der Waals surface area (Å²) in [5, 5.41) is 0. The lowest BCUT2D eigenvalue weighted by Crippen LogP contribution is -2.39. The third-order valence-electron chi connectivity index (χ3n) is 9.03. The lowest BCUT2D eigenvalue weighted by atomic mass is 9.72. The minimum Gasteiger partial charge on any atom is -0.465 e. The number of allylic oxidation sites excluding steroid dienone is 2. The summed E-state index contributed by atoms with van der Waals surface area (Å²) in [5.74, 6) is -1.88. The molecule has 2 aliphatic carbocycles. The van der Waals surface area contributed by atoms with E-state index in [0.717, 1.165) is 70.3 Å². The van der Waals surface area contributed by atoms with Gasteiger partial charge in [0, 0.05) is 17.9 Å². The van der Waals surface area contributed by atoms with Crippen molar-refractivity contribution in [3.63, 3.8) is 0 Å². The van der Waals surface area contributed by atoms with Gasteiger partial charge in [-0.1, -0.05) is 57.3 Å². The smallest absolute Gasteiger partial charge is 0.399 e. The Hall–Kier alpha value is -2.81. The van der Waals surface area contributed by atoms with Crippen LogP contribution in [0.1, 0.15) is 128 Å². The molecule has 44 heavy (non-hydrogen) atoms. The van der Waals surface area contributed by atoms with E-state index in [-0.39, 0.29) is 24.6 Å². The van der Waals surface area contributed by atoms with Crippen molar-refractivity contribution < 1.29 is 37.0 Å². The summed E-state index contributed by atoms with van der Waals surface area (Å²) in [4.78, 5) is 25.7. The molecule has 0 radical (unpaired) electrons. The lowest BCUT2D eigenvalue weighted by molar-refractivity contribution is -0.239. The topological polar surface area (TPSA) is 87.9 Å². The standard InChI is InChI=1S/C35H50F3NO5/c1-5-7-9-14-26-21-28(42-6-2)31(27-15-12-13-25(3)20-27)29(22-26)43-32(41)33(4,36)18-19-35(37,38)44-30(40)23-34(24-39)16-10-8-11-17-34/h6,20-22,27H,2,5,7-19,23-24,39H2,1,3-4H3. The molecule has 0 amide bonds. The Morgan fingerprint density at radius 3 is 2.43 bits per heavy atom. The van der Waals surface area contributed by atoms with Gasteiger partial charge in [-0.25, -0.2) is 9.18 Å². The highest BCUT2D eigenvalue weighted by Gasteiger charge is 2.44.